The summed E-state index contributed by atoms with van der Waals surface area (Å²) in [6, 6.07) is 12.2. The number of ether oxygens (including phenoxy) is 1. The van der Waals surface area contributed by atoms with Gasteiger partial charge in [-0.2, -0.15) is 0 Å². The van der Waals surface area contributed by atoms with Gasteiger partial charge in [0, 0.05) is 4.47 Å². The van der Waals surface area contributed by atoms with Crippen LogP contribution in [0.5, 0.6) is 11.5 Å². The Morgan fingerprint density at radius 2 is 1.84 bits per heavy atom. The van der Waals surface area contributed by atoms with Crippen LogP contribution in [0.4, 0.5) is 0 Å². The minimum Gasteiger partial charge on any atom is -0.457 e. The molecule has 0 aliphatic heterocycles. The molecule has 100 valence electrons. The monoisotopic (exact) mass is 319 g/mol. The maximum absolute atomic E-state index is 6.04. The molecule has 0 aliphatic carbocycles. The van der Waals surface area contributed by atoms with E-state index < -0.39 is 0 Å². The molecule has 2 nitrogen and oxygen atoms in total. The molecule has 0 radical (unpaired) electrons. The smallest absolute Gasteiger partial charge is 0.131 e. The summed E-state index contributed by atoms with van der Waals surface area (Å²) in [5.41, 5.74) is 9.16. The third-order valence-corrected chi connectivity index (χ3v) is 3.49. The first-order chi connectivity index (χ1) is 9.10. The molecule has 0 heterocycles. The molecule has 3 heteroatoms. The zero-order valence-electron chi connectivity index (χ0n) is 11.2. The molecular weight excluding hydrogens is 302 g/mol. The van der Waals surface area contributed by atoms with E-state index >= 15 is 0 Å². The summed E-state index contributed by atoms with van der Waals surface area (Å²) >= 11 is 3.47. The van der Waals surface area contributed by atoms with E-state index in [1.165, 1.54) is 5.56 Å². The van der Waals surface area contributed by atoms with Gasteiger partial charge in [0.2, 0.25) is 0 Å². The number of nitrogens with two attached hydrogens (primary N) is 1. The lowest BCUT2D eigenvalue weighted by Gasteiger charge is -2.13. The van der Waals surface area contributed by atoms with Crippen molar-refractivity contribution in [3.05, 3.63) is 57.6 Å². The minimum atomic E-state index is 0.622. The Morgan fingerprint density at radius 3 is 2.58 bits per heavy atom. The van der Waals surface area contributed by atoms with Crippen molar-refractivity contribution in [3.8, 4) is 11.5 Å². The molecule has 0 bridgehead atoms. The van der Waals surface area contributed by atoms with Gasteiger partial charge in [-0.15, -0.1) is 0 Å². The van der Waals surface area contributed by atoms with Gasteiger partial charge in [0.1, 0.15) is 11.5 Å². The maximum Gasteiger partial charge on any atom is 0.131 e. The average molecular weight is 320 g/mol. The zero-order valence-corrected chi connectivity index (χ0v) is 12.8. The topological polar surface area (TPSA) is 35.2 Å². The first kappa shape index (κ1) is 14.1. The predicted octanol–water partition coefficient (Wildman–Crippen LogP) is 4.36. The normalized spacial score (nSPS) is 10.5. The Hall–Kier alpha value is -1.32. The molecule has 2 rings (SSSR count). The van der Waals surface area contributed by atoms with Gasteiger partial charge >= 0.3 is 0 Å². The molecule has 2 aromatic rings. The van der Waals surface area contributed by atoms with Gasteiger partial charge in [-0.3, -0.25) is 0 Å². The summed E-state index contributed by atoms with van der Waals surface area (Å²) in [5, 5.41) is 0. The first-order valence-corrected chi connectivity index (χ1v) is 7.13. The van der Waals surface area contributed by atoms with Gasteiger partial charge in [-0.25, -0.2) is 0 Å². The second kappa shape index (κ2) is 6.22. The molecular formula is C16H18BrNO. The molecule has 0 amide bonds. The van der Waals surface area contributed by atoms with Crippen LogP contribution in [0.3, 0.4) is 0 Å². The van der Waals surface area contributed by atoms with E-state index in [9.17, 15) is 0 Å². The van der Waals surface area contributed by atoms with Crippen molar-refractivity contribution in [3.63, 3.8) is 0 Å². The van der Waals surface area contributed by atoms with Crippen molar-refractivity contribution in [2.75, 3.05) is 6.54 Å². The Kier molecular flexibility index (Phi) is 4.61. The van der Waals surface area contributed by atoms with Crippen LogP contribution >= 0.6 is 15.9 Å². The summed E-state index contributed by atoms with van der Waals surface area (Å²) in [6.45, 7) is 4.74. The number of halogens is 1. The van der Waals surface area contributed by atoms with Crippen molar-refractivity contribution in [2.24, 2.45) is 5.73 Å². The van der Waals surface area contributed by atoms with Gasteiger partial charge in [0.25, 0.3) is 0 Å². The lowest BCUT2D eigenvalue weighted by atomic mass is 10.1. The lowest BCUT2D eigenvalue weighted by Crippen LogP contribution is -2.04. The zero-order chi connectivity index (χ0) is 13.8. The number of aryl methyl sites for hydroxylation is 2. The highest BCUT2D eigenvalue weighted by molar-refractivity contribution is 9.10. The lowest BCUT2D eigenvalue weighted by molar-refractivity contribution is 0.472. The highest BCUT2D eigenvalue weighted by atomic mass is 79.9. The Balaban J connectivity index is 2.34. The average Bonchev–Trinajstić information content (AvgIpc) is 2.37. The molecule has 2 aromatic carbocycles. The third-order valence-electron chi connectivity index (χ3n) is 3.00. The molecule has 0 unspecified atom stereocenters. The fourth-order valence-electron chi connectivity index (χ4n) is 1.96. The highest BCUT2D eigenvalue weighted by Crippen LogP contribution is 2.30. The second-order valence-corrected chi connectivity index (χ2v) is 5.58. The van der Waals surface area contributed by atoms with Crippen LogP contribution in [0, 0.1) is 13.8 Å². The fraction of sp³-hybridized carbons (Fsp3) is 0.250. The van der Waals surface area contributed by atoms with Crippen LogP contribution in [0.15, 0.2) is 40.9 Å². The minimum absolute atomic E-state index is 0.622. The van der Waals surface area contributed by atoms with Crippen molar-refractivity contribution in [1.29, 1.82) is 0 Å². The fourth-order valence-corrected chi connectivity index (χ4v) is 2.30. The van der Waals surface area contributed by atoms with Crippen molar-refractivity contribution >= 4 is 15.9 Å². The van der Waals surface area contributed by atoms with Crippen LogP contribution in [-0.4, -0.2) is 6.54 Å². The van der Waals surface area contributed by atoms with Crippen molar-refractivity contribution in [1.82, 2.24) is 0 Å². The van der Waals surface area contributed by atoms with E-state index in [1.807, 2.05) is 31.2 Å². The van der Waals surface area contributed by atoms with Gasteiger partial charge < -0.3 is 10.5 Å². The van der Waals surface area contributed by atoms with Gasteiger partial charge in [0.15, 0.2) is 0 Å². The van der Waals surface area contributed by atoms with Crippen LogP contribution in [-0.2, 0) is 6.42 Å². The summed E-state index contributed by atoms with van der Waals surface area (Å²) in [7, 11) is 0. The first-order valence-electron chi connectivity index (χ1n) is 6.34. The van der Waals surface area contributed by atoms with Crippen LogP contribution < -0.4 is 10.5 Å². The molecule has 2 N–H and O–H groups in total. The van der Waals surface area contributed by atoms with E-state index in [0.29, 0.717) is 6.54 Å². The van der Waals surface area contributed by atoms with E-state index in [1.54, 1.807) is 0 Å². The SMILES string of the molecule is Cc1ccc(Oc2cc(Br)ccc2C)c(CCN)c1. The number of benzene rings is 2. The Labute approximate surface area is 122 Å². The van der Waals surface area contributed by atoms with E-state index in [0.717, 1.165) is 33.5 Å². The molecule has 0 aromatic heterocycles. The number of hydrogen-bond acceptors (Lipinski definition) is 2. The van der Waals surface area contributed by atoms with Crippen molar-refractivity contribution in [2.45, 2.75) is 20.3 Å². The van der Waals surface area contributed by atoms with Crippen LogP contribution in [0.2, 0.25) is 0 Å². The van der Waals surface area contributed by atoms with Crippen LogP contribution in [0.1, 0.15) is 16.7 Å². The summed E-state index contributed by atoms with van der Waals surface area (Å²) < 4.78 is 7.06. The van der Waals surface area contributed by atoms with E-state index in [2.05, 4.69) is 35.0 Å². The largest absolute Gasteiger partial charge is 0.457 e. The Bertz CT molecular complexity index is 581. The second-order valence-electron chi connectivity index (χ2n) is 4.66. The van der Waals surface area contributed by atoms with Gasteiger partial charge in [0.05, 0.1) is 0 Å². The molecule has 19 heavy (non-hydrogen) atoms. The highest BCUT2D eigenvalue weighted by Gasteiger charge is 2.07. The van der Waals surface area contributed by atoms with Crippen LogP contribution in [0.25, 0.3) is 0 Å². The number of hydrogen-bond donors (Lipinski definition) is 1. The summed E-state index contributed by atoms with van der Waals surface area (Å²) in [6.07, 6.45) is 0.823. The summed E-state index contributed by atoms with van der Waals surface area (Å²) in [5.74, 6) is 1.76. The molecule has 0 fully saturated rings. The predicted molar refractivity (Wildman–Crippen MR) is 82.9 cm³/mol. The van der Waals surface area contributed by atoms with E-state index in [-0.39, 0.29) is 0 Å². The summed E-state index contributed by atoms with van der Waals surface area (Å²) in [4.78, 5) is 0. The molecule has 0 atom stereocenters. The van der Waals surface area contributed by atoms with Gasteiger partial charge in [-0.1, -0.05) is 39.7 Å². The van der Waals surface area contributed by atoms with Crippen molar-refractivity contribution < 1.29 is 4.74 Å². The maximum atomic E-state index is 6.04. The molecule has 0 saturated carbocycles. The Morgan fingerprint density at radius 1 is 1.05 bits per heavy atom. The third kappa shape index (κ3) is 3.58. The van der Waals surface area contributed by atoms with Gasteiger partial charge in [-0.05, 0) is 56.1 Å². The molecule has 0 saturated heterocycles. The van der Waals surface area contributed by atoms with E-state index in [4.69, 9.17) is 10.5 Å². The molecule has 0 spiro atoms. The quantitative estimate of drug-likeness (QED) is 0.908. The standard InChI is InChI=1S/C16H18BrNO/c1-11-3-6-15(13(9-11)7-8-18)19-16-10-14(17)5-4-12(16)2/h3-6,9-10H,7-8,18H2,1-2H3. The molecule has 0 aliphatic rings. The number of rotatable bonds is 4.